The number of hydrogen-bond donors (Lipinski definition) is 1. The van der Waals surface area contributed by atoms with E-state index in [1.54, 1.807) is 4.68 Å². The van der Waals surface area contributed by atoms with Crippen molar-refractivity contribution in [2.24, 2.45) is 0 Å². The number of aromatic nitrogens is 5. The Kier molecular flexibility index (Phi) is 2.78. The number of carboxylic acids is 1. The molecule has 8 heteroatoms. The first-order chi connectivity index (χ1) is 10.2. The van der Waals surface area contributed by atoms with Crippen molar-refractivity contribution < 1.29 is 9.90 Å². The largest absolute Gasteiger partial charge is 0.476 e. The van der Waals surface area contributed by atoms with E-state index in [0.717, 1.165) is 19.6 Å². The predicted molar refractivity (Wildman–Crippen MR) is 71.8 cm³/mol. The molecule has 1 aliphatic heterocycles. The topological polar surface area (TPSA) is 89.1 Å². The van der Waals surface area contributed by atoms with E-state index in [-0.39, 0.29) is 11.7 Å². The van der Waals surface area contributed by atoms with E-state index >= 15 is 0 Å². The van der Waals surface area contributed by atoms with Crippen LogP contribution in [0.4, 0.5) is 0 Å². The lowest BCUT2D eigenvalue weighted by molar-refractivity contribution is 0.0690. The summed E-state index contributed by atoms with van der Waals surface area (Å²) in [7, 11) is 0. The molecule has 0 radical (unpaired) electrons. The Hall–Kier alpha value is -2.22. The van der Waals surface area contributed by atoms with Gasteiger partial charge in [-0.05, 0) is 12.8 Å². The van der Waals surface area contributed by atoms with Gasteiger partial charge < -0.3 is 9.67 Å². The molecule has 1 N–H and O–H groups in total. The summed E-state index contributed by atoms with van der Waals surface area (Å²) in [6, 6.07) is 0.857. The molecule has 0 aromatic carbocycles. The molecular formula is C13H16N6O2. The van der Waals surface area contributed by atoms with E-state index < -0.39 is 5.97 Å². The Morgan fingerprint density at radius 3 is 2.81 bits per heavy atom. The van der Waals surface area contributed by atoms with Crippen LogP contribution < -0.4 is 0 Å². The number of aromatic carboxylic acids is 1. The van der Waals surface area contributed by atoms with E-state index in [9.17, 15) is 4.79 Å². The first kappa shape index (κ1) is 12.5. The van der Waals surface area contributed by atoms with Gasteiger partial charge in [-0.15, -0.1) is 5.10 Å². The standard InChI is InChI=1S/C13H16N6O2/c20-13(21)12-7-19(16-15-12)11-5-17(6-11)4-10-3-14-8-18(10)9-1-2-9/h3,7-9,11H,1-2,4-6H2,(H,20,21). The van der Waals surface area contributed by atoms with Crippen LogP contribution in [0.3, 0.4) is 0 Å². The molecule has 0 spiro atoms. The van der Waals surface area contributed by atoms with E-state index in [0.29, 0.717) is 6.04 Å². The van der Waals surface area contributed by atoms with Crippen molar-refractivity contribution in [3.8, 4) is 0 Å². The molecule has 8 nitrogen and oxygen atoms in total. The molecule has 1 aliphatic carbocycles. The molecule has 4 rings (SSSR count). The first-order valence-electron chi connectivity index (χ1n) is 7.09. The quantitative estimate of drug-likeness (QED) is 0.865. The Bertz CT molecular complexity index is 668. The van der Waals surface area contributed by atoms with Gasteiger partial charge in [0.15, 0.2) is 5.69 Å². The van der Waals surface area contributed by atoms with Crippen molar-refractivity contribution in [2.45, 2.75) is 31.5 Å². The van der Waals surface area contributed by atoms with Crippen LogP contribution in [-0.2, 0) is 6.54 Å². The van der Waals surface area contributed by atoms with Gasteiger partial charge in [0, 0.05) is 31.9 Å². The first-order valence-corrected chi connectivity index (χ1v) is 7.09. The van der Waals surface area contributed by atoms with Crippen molar-refractivity contribution in [1.29, 1.82) is 0 Å². The zero-order chi connectivity index (χ0) is 14.4. The minimum atomic E-state index is -1.04. The normalized spacial score (nSPS) is 19.6. The van der Waals surface area contributed by atoms with Crippen LogP contribution in [0.25, 0.3) is 0 Å². The minimum Gasteiger partial charge on any atom is -0.476 e. The molecular weight excluding hydrogens is 272 g/mol. The lowest BCUT2D eigenvalue weighted by Gasteiger charge is -2.38. The summed E-state index contributed by atoms with van der Waals surface area (Å²) in [4.78, 5) is 17.3. The van der Waals surface area contributed by atoms with Crippen molar-refractivity contribution in [3.05, 3.63) is 30.1 Å². The summed E-state index contributed by atoms with van der Waals surface area (Å²) in [6.07, 6.45) is 7.86. The third kappa shape index (κ3) is 2.31. The molecule has 1 saturated carbocycles. The average Bonchev–Trinajstić information content (AvgIpc) is 2.97. The lowest BCUT2D eigenvalue weighted by Crippen LogP contribution is -2.47. The van der Waals surface area contributed by atoms with E-state index in [4.69, 9.17) is 5.11 Å². The smallest absolute Gasteiger partial charge is 0.358 e. The lowest BCUT2D eigenvalue weighted by atomic mass is 10.1. The second-order valence-corrected chi connectivity index (χ2v) is 5.76. The van der Waals surface area contributed by atoms with Gasteiger partial charge in [0.2, 0.25) is 0 Å². The van der Waals surface area contributed by atoms with Crippen molar-refractivity contribution in [2.75, 3.05) is 13.1 Å². The Morgan fingerprint density at radius 2 is 2.14 bits per heavy atom. The fourth-order valence-corrected chi connectivity index (χ4v) is 2.76. The Morgan fingerprint density at radius 1 is 1.33 bits per heavy atom. The second-order valence-electron chi connectivity index (χ2n) is 5.76. The minimum absolute atomic E-state index is 0.000241. The summed E-state index contributed by atoms with van der Waals surface area (Å²) >= 11 is 0. The maximum Gasteiger partial charge on any atom is 0.358 e. The Labute approximate surface area is 121 Å². The molecule has 0 unspecified atom stereocenters. The maximum atomic E-state index is 10.8. The third-order valence-electron chi connectivity index (χ3n) is 4.11. The van der Waals surface area contributed by atoms with Crippen LogP contribution in [0.5, 0.6) is 0 Å². The van der Waals surface area contributed by atoms with Crippen molar-refractivity contribution in [3.63, 3.8) is 0 Å². The van der Waals surface area contributed by atoms with E-state index in [1.165, 1.54) is 24.7 Å². The molecule has 0 bridgehead atoms. The monoisotopic (exact) mass is 288 g/mol. The van der Waals surface area contributed by atoms with Crippen LogP contribution in [0.15, 0.2) is 18.7 Å². The van der Waals surface area contributed by atoms with Crippen LogP contribution >= 0.6 is 0 Å². The number of carbonyl (C=O) groups is 1. The molecule has 110 valence electrons. The summed E-state index contributed by atoms with van der Waals surface area (Å²) < 4.78 is 3.92. The second kappa shape index (κ2) is 4.66. The number of nitrogens with zero attached hydrogens (tertiary/aromatic N) is 6. The summed E-state index contributed by atoms with van der Waals surface area (Å²) in [6.45, 7) is 2.60. The predicted octanol–water partition coefficient (Wildman–Crippen LogP) is 0.565. The van der Waals surface area contributed by atoms with Gasteiger partial charge in [0.25, 0.3) is 0 Å². The zero-order valence-electron chi connectivity index (χ0n) is 11.5. The van der Waals surface area contributed by atoms with Gasteiger partial charge in [0.05, 0.1) is 24.3 Å². The van der Waals surface area contributed by atoms with Gasteiger partial charge in [-0.25, -0.2) is 14.5 Å². The Balaban J connectivity index is 1.36. The van der Waals surface area contributed by atoms with Gasteiger partial charge in [-0.2, -0.15) is 0 Å². The number of rotatable bonds is 5. The zero-order valence-corrected chi connectivity index (χ0v) is 11.5. The highest BCUT2D eigenvalue weighted by Gasteiger charge is 2.32. The SMILES string of the molecule is O=C(O)c1cn(C2CN(Cc3cncn3C3CC3)C2)nn1. The molecule has 2 aliphatic rings. The van der Waals surface area contributed by atoms with Gasteiger partial charge >= 0.3 is 5.97 Å². The van der Waals surface area contributed by atoms with Crippen molar-refractivity contribution in [1.82, 2.24) is 29.4 Å². The van der Waals surface area contributed by atoms with Gasteiger partial charge in [0.1, 0.15) is 0 Å². The maximum absolute atomic E-state index is 10.8. The highest BCUT2D eigenvalue weighted by molar-refractivity contribution is 5.84. The van der Waals surface area contributed by atoms with Gasteiger partial charge in [-0.3, -0.25) is 4.90 Å². The number of carboxylic acid groups (broad SMARTS) is 1. The highest BCUT2D eigenvalue weighted by atomic mass is 16.4. The summed E-state index contributed by atoms with van der Waals surface area (Å²) in [5, 5.41) is 16.4. The fraction of sp³-hybridized carbons (Fsp3) is 0.538. The van der Waals surface area contributed by atoms with E-state index in [2.05, 4.69) is 24.8 Å². The molecule has 2 aromatic rings. The van der Waals surface area contributed by atoms with Crippen LogP contribution in [-0.4, -0.2) is 53.6 Å². The average molecular weight is 288 g/mol. The summed E-state index contributed by atoms with van der Waals surface area (Å²) in [5.74, 6) is -1.04. The number of hydrogen-bond acceptors (Lipinski definition) is 5. The van der Waals surface area contributed by atoms with Crippen LogP contribution in [0.1, 0.15) is 41.1 Å². The highest BCUT2D eigenvalue weighted by Crippen LogP contribution is 2.36. The van der Waals surface area contributed by atoms with Gasteiger partial charge in [-0.1, -0.05) is 5.21 Å². The fourth-order valence-electron chi connectivity index (χ4n) is 2.76. The summed E-state index contributed by atoms with van der Waals surface area (Å²) in [5.41, 5.74) is 1.25. The van der Waals surface area contributed by atoms with E-state index in [1.807, 2.05) is 12.5 Å². The van der Waals surface area contributed by atoms with Crippen molar-refractivity contribution >= 4 is 5.97 Å². The molecule has 21 heavy (non-hydrogen) atoms. The van der Waals surface area contributed by atoms with Crippen LogP contribution in [0.2, 0.25) is 0 Å². The molecule has 2 fully saturated rings. The number of imidazole rings is 1. The molecule has 1 saturated heterocycles. The number of likely N-dealkylation sites (tertiary alicyclic amines) is 1. The molecule has 0 amide bonds. The molecule has 2 aromatic heterocycles. The van der Waals surface area contributed by atoms with Crippen LogP contribution in [0, 0.1) is 0 Å². The molecule has 0 atom stereocenters. The molecule has 3 heterocycles. The third-order valence-corrected chi connectivity index (χ3v) is 4.11.